The molecule has 2 aromatic carbocycles. The Morgan fingerprint density at radius 1 is 1.06 bits per heavy atom. The zero-order chi connectivity index (χ0) is 35.6. The van der Waals surface area contributed by atoms with E-state index in [9.17, 15) is 22.8 Å². The molecule has 6 rings (SSSR count). The van der Waals surface area contributed by atoms with Crippen LogP contribution in [0.4, 0.5) is 17.6 Å². The van der Waals surface area contributed by atoms with Crippen LogP contribution < -0.4 is 10.1 Å². The Labute approximate surface area is 289 Å². The van der Waals surface area contributed by atoms with Crippen LogP contribution in [-0.4, -0.2) is 82.4 Å². The lowest BCUT2D eigenvalue weighted by molar-refractivity contribution is -0.203. The van der Waals surface area contributed by atoms with Crippen molar-refractivity contribution < 1.29 is 36.6 Å². The van der Waals surface area contributed by atoms with Gasteiger partial charge < -0.3 is 19.7 Å². The Morgan fingerprint density at radius 2 is 1.80 bits per heavy atom. The molecule has 3 aromatic rings. The molecule has 2 amide bonds. The van der Waals surface area contributed by atoms with Crippen molar-refractivity contribution >= 4 is 11.8 Å². The summed E-state index contributed by atoms with van der Waals surface area (Å²) in [6.07, 6.45) is -3.09. The first-order chi connectivity index (χ1) is 23.9. The first kappa shape index (κ1) is 35.7. The number of benzene rings is 2. The summed E-state index contributed by atoms with van der Waals surface area (Å²) < 4.78 is 70.0. The number of hydrogen-bond acceptors (Lipinski definition) is 7. The number of hydrogen-bond donors (Lipinski definition) is 1. The van der Waals surface area contributed by atoms with Gasteiger partial charge in [0.25, 0.3) is 5.91 Å². The number of ether oxygens (including phenoxy) is 2. The molecule has 268 valence electrons. The molecule has 3 aliphatic heterocycles. The Bertz CT molecular complexity index is 1660. The lowest BCUT2D eigenvalue weighted by atomic mass is 9.92. The second kappa shape index (κ2) is 15.0. The Morgan fingerprint density at radius 3 is 2.42 bits per heavy atom. The molecule has 0 aliphatic carbocycles. The molecule has 0 bridgehead atoms. The first-order valence-electron chi connectivity index (χ1n) is 17.3. The highest BCUT2D eigenvalue weighted by molar-refractivity contribution is 5.95. The summed E-state index contributed by atoms with van der Waals surface area (Å²) >= 11 is 0. The van der Waals surface area contributed by atoms with Crippen molar-refractivity contribution in [1.82, 2.24) is 25.3 Å². The van der Waals surface area contributed by atoms with Crippen LogP contribution in [0.5, 0.6) is 11.5 Å². The fourth-order valence-electron chi connectivity index (χ4n) is 7.09. The maximum Gasteiger partial charge on any atom is 0.404 e. The van der Waals surface area contributed by atoms with E-state index in [0.717, 1.165) is 11.3 Å². The van der Waals surface area contributed by atoms with E-state index >= 15 is 4.39 Å². The molecule has 13 heteroatoms. The highest BCUT2D eigenvalue weighted by Gasteiger charge is 2.49. The van der Waals surface area contributed by atoms with Crippen LogP contribution in [0.25, 0.3) is 11.3 Å². The van der Waals surface area contributed by atoms with Crippen LogP contribution >= 0.6 is 0 Å². The van der Waals surface area contributed by atoms with Gasteiger partial charge in [-0.05, 0) is 86.1 Å². The lowest BCUT2D eigenvalue weighted by Gasteiger charge is -2.45. The van der Waals surface area contributed by atoms with Crippen molar-refractivity contribution in [2.24, 2.45) is 5.92 Å². The van der Waals surface area contributed by atoms with E-state index in [2.05, 4.69) is 15.5 Å². The van der Waals surface area contributed by atoms with Gasteiger partial charge >= 0.3 is 6.18 Å². The van der Waals surface area contributed by atoms with Crippen LogP contribution in [-0.2, 0) is 16.1 Å². The molecule has 50 heavy (non-hydrogen) atoms. The molecule has 3 saturated heterocycles. The van der Waals surface area contributed by atoms with Crippen LogP contribution in [0.1, 0.15) is 80.4 Å². The Kier molecular flexibility index (Phi) is 10.7. The zero-order valence-corrected chi connectivity index (χ0v) is 28.5. The average molecular weight is 698 g/mol. The van der Waals surface area contributed by atoms with E-state index in [-0.39, 0.29) is 54.6 Å². The molecular formula is C37H43F4N5O4. The standard InChI is InChI=1S/C37H43F4N5O4/c1-22(2)31-8-9-32(44-43-31)24-4-6-28(7-5-24)50-33-19-29(30(38)17-25(33)21-45-20-23(3)16-35(45)47)36(48)42-26-10-13-46(27-11-14-49-15-12-27)34(18-26)37(39,40)41/h4-9,17,19,22-23,26-27,34H,10-16,18,20-21H2,1-3H3,(H,42,48)/t23-,26?,34?/m0/s1. The molecular weight excluding hydrogens is 654 g/mol. The summed E-state index contributed by atoms with van der Waals surface area (Å²) in [7, 11) is 0. The molecule has 1 aromatic heterocycles. The molecule has 9 nitrogen and oxygen atoms in total. The number of nitrogens with one attached hydrogen (secondary N) is 1. The van der Waals surface area contributed by atoms with E-state index in [0.29, 0.717) is 62.4 Å². The van der Waals surface area contributed by atoms with Gasteiger partial charge in [-0.2, -0.15) is 23.4 Å². The van der Waals surface area contributed by atoms with Gasteiger partial charge in [0.05, 0.1) is 17.0 Å². The number of nitrogens with zero attached hydrogens (tertiary/aromatic N) is 4. The van der Waals surface area contributed by atoms with Crippen molar-refractivity contribution in [3.8, 4) is 22.8 Å². The number of carbonyl (C=O) groups is 2. The van der Waals surface area contributed by atoms with E-state index in [1.807, 2.05) is 32.9 Å². The number of likely N-dealkylation sites (tertiary alicyclic amines) is 2. The Hall–Kier alpha value is -4.10. The molecule has 3 fully saturated rings. The first-order valence-corrected chi connectivity index (χ1v) is 17.3. The largest absolute Gasteiger partial charge is 0.457 e. The molecule has 0 radical (unpaired) electrons. The van der Waals surface area contributed by atoms with E-state index in [4.69, 9.17) is 9.47 Å². The summed E-state index contributed by atoms with van der Waals surface area (Å²) in [5.74, 6) is -0.787. The SMILES string of the molecule is CC(C)c1ccc(-c2ccc(Oc3cc(C(=O)NC4CCN(C5CCOCC5)C(C(F)(F)F)C4)c(F)cc3CN3C[C@@H](C)CC3=O)cc2)nn1. The quantitative estimate of drug-likeness (QED) is 0.244. The third kappa shape index (κ3) is 8.26. The van der Waals surface area contributed by atoms with Gasteiger partial charge in [-0.1, -0.05) is 20.8 Å². The minimum Gasteiger partial charge on any atom is -0.457 e. The minimum absolute atomic E-state index is 0.0639. The predicted octanol–water partition coefficient (Wildman–Crippen LogP) is 6.87. The lowest BCUT2D eigenvalue weighted by Crippen LogP contribution is -2.59. The zero-order valence-electron chi connectivity index (χ0n) is 28.5. The molecule has 3 atom stereocenters. The van der Waals surface area contributed by atoms with Crippen molar-refractivity contribution in [2.45, 2.75) is 89.6 Å². The van der Waals surface area contributed by atoms with Crippen molar-refractivity contribution in [3.63, 3.8) is 0 Å². The number of carbonyl (C=O) groups excluding carboxylic acids is 2. The third-order valence-corrected chi connectivity index (χ3v) is 9.84. The fraction of sp³-hybridized carbons (Fsp3) is 0.514. The predicted molar refractivity (Wildman–Crippen MR) is 178 cm³/mol. The number of alkyl halides is 3. The van der Waals surface area contributed by atoms with Crippen LogP contribution in [0.15, 0.2) is 48.5 Å². The summed E-state index contributed by atoms with van der Waals surface area (Å²) in [5, 5.41) is 11.3. The maximum absolute atomic E-state index is 15.7. The number of aromatic nitrogens is 2. The molecule has 2 unspecified atom stereocenters. The van der Waals surface area contributed by atoms with Gasteiger partial charge in [0.1, 0.15) is 23.4 Å². The number of piperidine rings is 1. The van der Waals surface area contributed by atoms with E-state index in [1.54, 1.807) is 29.2 Å². The molecule has 0 saturated carbocycles. The smallest absolute Gasteiger partial charge is 0.404 e. The normalized spacial score (nSPS) is 22.3. The molecule has 0 spiro atoms. The van der Waals surface area contributed by atoms with Gasteiger partial charge in [0.15, 0.2) is 0 Å². The maximum atomic E-state index is 15.7. The Balaban J connectivity index is 1.22. The molecule has 4 heterocycles. The second-order valence-corrected chi connectivity index (χ2v) is 14.0. The van der Waals surface area contributed by atoms with Crippen LogP contribution in [0.2, 0.25) is 0 Å². The van der Waals surface area contributed by atoms with Gasteiger partial charge in [-0.3, -0.25) is 14.5 Å². The summed E-state index contributed by atoms with van der Waals surface area (Å²) in [4.78, 5) is 29.2. The second-order valence-electron chi connectivity index (χ2n) is 14.0. The average Bonchev–Trinajstić information content (AvgIpc) is 3.41. The molecule has 3 aliphatic rings. The summed E-state index contributed by atoms with van der Waals surface area (Å²) in [6.45, 7) is 7.60. The minimum atomic E-state index is -4.49. The van der Waals surface area contributed by atoms with Gasteiger partial charge in [-0.15, -0.1) is 0 Å². The number of rotatable bonds is 9. The highest BCUT2D eigenvalue weighted by Crippen LogP contribution is 2.36. The topological polar surface area (TPSA) is 96.9 Å². The van der Waals surface area contributed by atoms with E-state index < -0.39 is 30.0 Å². The van der Waals surface area contributed by atoms with Crippen molar-refractivity contribution in [2.75, 3.05) is 26.3 Å². The third-order valence-electron chi connectivity index (χ3n) is 9.84. The number of halogens is 4. The summed E-state index contributed by atoms with van der Waals surface area (Å²) in [5.41, 5.74) is 2.37. The van der Waals surface area contributed by atoms with Gasteiger partial charge in [0, 0.05) is 62.5 Å². The number of amides is 2. The van der Waals surface area contributed by atoms with Crippen molar-refractivity contribution in [3.05, 3.63) is 71.2 Å². The summed E-state index contributed by atoms with van der Waals surface area (Å²) in [6, 6.07) is 10.5. The molecule has 1 N–H and O–H groups in total. The fourth-order valence-corrected chi connectivity index (χ4v) is 7.09. The van der Waals surface area contributed by atoms with Crippen molar-refractivity contribution in [1.29, 1.82) is 0 Å². The van der Waals surface area contributed by atoms with Gasteiger partial charge in [0.2, 0.25) is 5.91 Å². The monoisotopic (exact) mass is 697 g/mol. The van der Waals surface area contributed by atoms with Crippen LogP contribution in [0, 0.1) is 11.7 Å². The van der Waals surface area contributed by atoms with Crippen LogP contribution in [0.3, 0.4) is 0 Å². The van der Waals surface area contributed by atoms with E-state index in [1.165, 1.54) is 17.0 Å². The van der Waals surface area contributed by atoms with Gasteiger partial charge in [-0.25, -0.2) is 4.39 Å². The highest BCUT2D eigenvalue weighted by atomic mass is 19.4.